The van der Waals surface area contributed by atoms with E-state index in [9.17, 15) is 22.4 Å². The molecule has 1 N–H and O–H groups in total. The van der Waals surface area contributed by atoms with Crippen molar-refractivity contribution in [2.24, 2.45) is 5.92 Å². The number of oxazole rings is 1. The van der Waals surface area contributed by atoms with E-state index in [4.69, 9.17) is 4.42 Å². The number of aromatic nitrogens is 1. The lowest BCUT2D eigenvalue weighted by Gasteiger charge is -2.36. The summed E-state index contributed by atoms with van der Waals surface area (Å²) in [6.07, 6.45) is 1.27. The monoisotopic (exact) mass is 397 g/mol. The van der Waals surface area contributed by atoms with Crippen molar-refractivity contribution < 1.29 is 22.0 Å². The molecule has 2 aromatic rings. The maximum Gasteiger partial charge on any atom is 0.417 e. The second-order valence-electron chi connectivity index (χ2n) is 7.08. The number of nitrogens with zero attached hydrogens (tertiary/aromatic N) is 2. The highest BCUT2D eigenvalue weighted by Crippen LogP contribution is 2.28. The molecule has 2 fully saturated rings. The lowest BCUT2D eigenvalue weighted by Crippen LogP contribution is -2.47. The van der Waals surface area contributed by atoms with E-state index in [0.717, 1.165) is 0 Å². The Kier molecular flexibility index (Phi) is 4.55. The molecule has 1 aromatic carbocycles. The summed E-state index contributed by atoms with van der Waals surface area (Å²) in [5.74, 6) is -0.934. The van der Waals surface area contributed by atoms with Gasteiger partial charge in [0.2, 0.25) is 15.9 Å². The van der Waals surface area contributed by atoms with E-state index in [1.807, 2.05) is 0 Å². The number of aromatic amines is 1. The molecule has 2 aliphatic heterocycles. The summed E-state index contributed by atoms with van der Waals surface area (Å²) in [5.41, 5.74) is 0.628. The van der Waals surface area contributed by atoms with Crippen molar-refractivity contribution >= 4 is 27.0 Å². The Bertz CT molecular complexity index is 1020. The first-order valence-electron chi connectivity index (χ1n) is 8.87. The molecule has 1 aromatic heterocycles. The number of H-pyrrole nitrogens is 1. The summed E-state index contributed by atoms with van der Waals surface area (Å²) >= 11 is 0. The zero-order valence-corrected chi connectivity index (χ0v) is 15.4. The second-order valence-corrected chi connectivity index (χ2v) is 9.02. The third-order valence-corrected chi connectivity index (χ3v) is 7.25. The predicted octanol–water partition coefficient (Wildman–Crippen LogP) is 1.09. The number of nitrogens with one attached hydrogen (secondary N) is 1. The number of hydrogen-bond acceptors (Lipinski definition) is 5. The molecule has 27 heavy (non-hydrogen) atoms. The highest BCUT2D eigenvalue weighted by atomic mass is 32.2. The van der Waals surface area contributed by atoms with Gasteiger partial charge in [0.25, 0.3) is 0 Å². The minimum absolute atomic E-state index is 0.0492. The lowest BCUT2D eigenvalue weighted by molar-refractivity contribution is -0.130. The molecule has 1 atom stereocenters. The molecule has 0 aliphatic carbocycles. The van der Waals surface area contributed by atoms with Crippen LogP contribution in [0, 0.1) is 5.92 Å². The van der Waals surface area contributed by atoms with Gasteiger partial charge in [-0.3, -0.25) is 14.2 Å². The molecule has 3 heterocycles. The summed E-state index contributed by atoms with van der Waals surface area (Å²) in [5, 5.41) is 0. The highest BCUT2D eigenvalue weighted by molar-refractivity contribution is 7.89. The fourth-order valence-corrected chi connectivity index (χ4v) is 5.38. The molecule has 1 unspecified atom stereocenters. The van der Waals surface area contributed by atoms with Crippen molar-refractivity contribution in [2.45, 2.75) is 30.2 Å². The molecule has 10 heteroatoms. The van der Waals surface area contributed by atoms with Gasteiger partial charge >= 0.3 is 5.76 Å². The Labute approximate surface area is 155 Å². The Balaban J connectivity index is 1.48. The molecule has 8 nitrogen and oxygen atoms in total. The van der Waals surface area contributed by atoms with Crippen molar-refractivity contribution in [3.8, 4) is 0 Å². The van der Waals surface area contributed by atoms with Crippen LogP contribution in [0.3, 0.4) is 0 Å². The Morgan fingerprint density at radius 3 is 2.63 bits per heavy atom. The Morgan fingerprint density at radius 2 is 1.96 bits per heavy atom. The van der Waals surface area contributed by atoms with Crippen LogP contribution in [-0.4, -0.2) is 60.9 Å². The summed E-state index contributed by atoms with van der Waals surface area (Å²) < 4.78 is 44.9. The van der Waals surface area contributed by atoms with Gasteiger partial charge in [0, 0.05) is 44.1 Å². The van der Waals surface area contributed by atoms with E-state index in [2.05, 4.69) is 4.98 Å². The Hall–Kier alpha value is -2.20. The fourth-order valence-electron chi connectivity index (χ4n) is 3.89. The maximum absolute atomic E-state index is 12.9. The van der Waals surface area contributed by atoms with Gasteiger partial charge in [0.15, 0.2) is 5.58 Å². The number of rotatable bonds is 4. The van der Waals surface area contributed by atoms with Gasteiger partial charge in [-0.05, 0) is 25.0 Å². The first-order chi connectivity index (χ1) is 12.9. The molecule has 1 amide bonds. The summed E-state index contributed by atoms with van der Waals surface area (Å²) in [6.45, 7) is 0.474. The van der Waals surface area contributed by atoms with Crippen molar-refractivity contribution in [3.63, 3.8) is 0 Å². The number of sulfonamides is 1. The normalized spacial score (nSPS) is 22.8. The highest BCUT2D eigenvalue weighted by Gasteiger charge is 2.38. The van der Waals surface area contributed by atoms with Crippen LogP contribution >= 0.6 is 0 Å². The van der Waals surface area contributed by atoms with E-state index in [-0.39, 0.29) is 47.9 Å². The van der Waals surface area contributed by atoms with E-state index in [1.165, 1.54) is 22.5 Å². The van der Waals surface area contributed by atoms with Crippen LogP contribution in [-0.2, 0) is 14.8 Å². The van der Waals surface area contributed by atoms with Gasteiger partial charge in [0.05, 0.1) is 17.1 Å². The lowest BCUT2D eigenvalue weighted by atomic mass is 10.1. The van der Waals surface area contributed by atoms with Crippen molar-refractivity contribution in [3.05, 3.63) is 28.7 Å². The number of amides is 1. The van der Waals surface area contributed by atoms with Crippen LogP contribution in [0.1, 0.15) is 19.3 Å². The quantitative estimate of drug-likeness (QED) is 0.832. The number of piperidine rings is 1. The number of likely N-dealkylation sites (tertiary alicyclic amines) is 1. The van der Waals surface area contributed by atoms with Gasteiger partial charge in [-0.1, -0.05) is 0 Å². The standard InChI is InChI=1S/C17H20FN3O5S/c18-9-11-7-16(22)21(10-11)12-3-5-20(6-4-12)27(24,25)13-1-2-14-15(8-13)26-17(23)19-14/h1-2,8,11-12H,3-7,9-10H2,(H,19,23). The SMILES string of the molecule is O=C1CC(CF)CN1C1CCN(S(=O)(=O)c2ccc3[nH]c(=O)oc3c2)CC1. The number of carbonyl (C=O) groups excluding carboxylic acids is 1. The van der Waals surface area contributed by atoms with Crippen molar-refractivity contribution in [1.29, 1.82) is 0 Å². The van der Waals surface area contributed by atoms with E-state index < -0.39 is 22.5 Å². The molecule has 0 bridgehead atoms. The number of fused-ring (bicyclic) bond motifs is 1. The van der Waals surface area contributed by atoms with Gasteiger partial charge in [-0.2, -0.15) is 4.31 Å². The predicted molar refractivity (Wildman–Crippen MR) is 94.4 cm³/mol. The molecule has 146 valence electrons. The minimum Gasteiger partial charge on any atom is -0.408 e. The second kappa shape index (κ2) is 6.75. The van der Waals surface area contributed by atoms with Crippen LogP contribution in [0.15, 0.2) is 32.3 Å². The minimum atomic E-state index is -3.73. The third-order valence-electron chi connectivity index (χ3n) is 5.35. The molecule has 0 saturated carbocycles. The average Bonchev–Trinajstić information content (AvgIpc) is 3.22. The molecule has 0 radical (unpaired) electrons. The number of alkyl halides is 1. The first kappa shape index (κ1) is 18.2. The van der Waals surface area contributed by atoms with Crippen LogP contribution in [0.5, 0.6) is 0 Å². The zero-order valence-electron chi connectivity index (χ0n) is 14.6. The Morgan fingerprint density at radius 1 is 1.22 bits per heavy atom. The topological polar surface area (TPSA) is 104 Å². The van der Waals surface area contributed by atoms with Crippen LogP contribution in [0.4, 0.5) is 4.39 Å². The van der Waals surface area contributed by atoms with Crippen LogP contribution in [0.25, 0.3) is 11.1 Å². The van der Waals surface area contributed by atoms with Gasteiger partial charge in [0.1, 0.15) is 0 Å². The smallest absolute Gasteiger partial charge is 0.408 e. The van der Waals surface area contributed by atoms with Gasteiger partial charge in [-0.15, -0.1) is 0 Å². The van der Waals surface area contributed by atoms with Crippen LogP contribution in [0.2, 0.25) is 0 Å². The molecular weight excluding hydrogens is 377 g/mol. The van der Waals surface area contributed by atoms with Crippen LogP contribution < -0.4 is 5.76 Å². The average molecular weight is 397 g/mol. The van der Waals surface area contributed by atoms with E-state index in [1.54, 1.807) is 4.90 Å². The van der Waals surface area contributed by atoms with E-state index in [0.29, 0.717) is 24.9 Å². The number of hydrogen-bond donors (Lipinski definition) is 1. The first-order valence-corrected chi connectivity index (χ1v) is 10.3. The maximum atomic E-state index is 12.9. The molecule has 2 saturated heterocycles. The number of carbonyl (C=O) groups is 1. The fraction of sp³-hybridized carbons (Fsp3) is 0.529. The molecule has 0 spiro atoms. The largest absolute Gasteiger partial charge is 0.417 e. The molecule has 4 rings (SSSR count). The zero-order chi connectivity index (χ0) is 19.2. The van der Waals surface area contributed by atoms with Crippen molar-refractivity contribution in [1.82, 2.24) is 14.2 Å². The van der Waals surface area contributed by atoms with Gasteiger partial charge < -0.3 is 9.32 Å². The third kappa shape index (κ3) is 3.27. The summed E-state index contributed by atoms with van der Waals surface area (Å²) in [6, 6.07) is 4.22. The summed E-state index contributed by atoms with van der Waals surface area (Å²) in [7, 11) is -3.73. The summed E-state index contributed by atoms with van der Waals surface area (Å²) in [4.78, 5) is 27.5. The number of benzene rings is 1. The van der Waals surface area contributed by atoms with Crippen molar-refractivity contribution in [2.75, 3.05) is 26.3 Å². The number of halogens is 1. The van der Waals surface area contributed by atoms with Gasteiger partial charge in [-0.25, -0.2) is 13.2 Å². The molecule has 2 aliphatic rings. The molecular formula is C17H20FN3O5S. The van der Waals surface area contributed by atoms with E-state index >= 15 is 0 Å².